The minimum absolute atomic E-state index is 0.0251. The van der Waals surface area contributed by atoms with Crippen LogP contribution >= 0.6 is 11.6 Å². The van der Waals surface area contributed by atoms with Crippen molar-refractivity contribution in [1.82, 2.24) is 4.98 Å². The summed E-state index contributed by atoms with van der Waals surface area (Å²) in [6, 6.07) is 9.46. The van der Waals surface area contributed by atoms with E-state index < -0.39 is 0 Å². The van der Waals surface area contributed by atoms with Gasteiger partial charge in [-0.15, -0.1) is 0 Å². The van der Waals surface area contributed by atoms with Gasteiger partial charge in [0.05, 0.1) is 17.3 Å². The van der Waals surface area contributed by atoms with Gasteiger partial charge >= 0.3 is 0 Å². The van der Waals surface area contributed by atoms with Gasteiger partial charge in [-0.05, 0) is 30.2 Å². The fourth-order valence-electron chi connectivity index (χ4n) is 1.56. The summed E-state index contributed by atoms with van der Waals surface area (Å²) < 4.78 is 0. The van der Waals surface area contributed by atoms with Crippen LogP contribution in [0, 0.1) is 6.92 Å². The smallest absolute Gasteiger partial charge is 0.0888 e. The molecule has 0 atom stereocenters. The number of benzene rings is 1. The van der Waals surface area contributed by atoms with E-state index >= 15 is 0 Å². The molecule has 2 aromatic rings. The van der Waals surface area contributed by atoms with E-state index in [1.807, 2.05) is 37.3 Å². The van der Waals surface area contributed by atoms with Crippen LogP contribution in [0.2, 0.25) is 5.02 Å². The van der Waals surface area contributed by atoms with Crippen LogP contribution < -0.4 is 0 Å². The summed E-state index contributed by atoms with van der Waals surface area (Å²) in [4.78, 5) is 4.31. The number of nitrogens with zero attached hydrogens (tertiary/aromatic N) is 1. The van der Waals surface area contributed by atoms with Gasteiger partial charge < -0.3 is 5.11 Å². The lowest BCUT2D eigenvalue weighted by molar-refractivity contribution is 0.282. The quantitative estimate of drug-likeness (QED) is 0.864. The van der Waals surface area contributed by atoms with E-state index in [1.165, 1.54) is 0 Å². The molecule has 0 saturated carbocycles. The first-order valence-electron chi connectivity index (χ1n) is 5.03. The zero-order valence-electron chi connectivity index (χ0n) is 8.94. The van der Waals surface area contributed by atoms with Crippen molar-refractivity contribution in [3.63, 3.8) is 0 Å². The number of hydrogen-bond donors (Lipinski definition) is 1. The van der Waals surface area contributed by atoms with Crippen LogP contribution in [0.25, 0.3) is 11.3 Å². The Balaban J connectivity index is 2.49. The fourth-order valence-corrected chi connectivity index (χ4v) is 1.89. The number of aromatic nitrogens is 1. The first-order valence-corrected chi connectivity index (χ1v) is 5.41. The molecule has 0 amide bonds. The third-order valence-electron chi connectivity index (χ3n) is 2.36. The van der Waals surface area contributed by atoms with E-state index in [1.54, 1.807) is 6.20 Å². The number of halogens is 1. The Labute approximate surface area is 99.5 Å². The summed E-state index contributed by atoms with van der Waals surface area (Å²) in [6.45, 7) is 1.98. The monoisotopic (exact) mass is 233 g/mol. The summed E-state index contributed by atoms with van der Waals surface area (Å²) in [5.74, 6) is 0. The standard InChI is InChI=1S/C13H12ClNO/c1-9-5-12(14)13(15-7-9)11-4-2-3-10(6-11)8-16/h2-7,16H,8H2,1H3. The Kier molecular flexibility index (Phi) is 3.22. The molecule has 82 valence electrons. The highest BCUT2D eigenvalue weighted by Crippen LogP contribution is 2.26. The van der Waals surface area contributed by atoms with Crippen LogP contribution in [0.15, 0.2) is 36.5 Å². The first kappa shape index (κ1) is 11.1. The maximum absolute atomic E-state index is 9.07. The number of hydrogen-bond acceptors (Lipinski definition) is 2. The molecule has 2 nitrogen and oxygen atoms in total. The highest BCUT2D eigenvalue weighted by Gasteiger charge is 2.05. The van der Waals surface area contributed by atoms with Gasteiger partial charge in [0.1, 0.15) is 0 Å². The topological polar surface area (TPSA) is 33.1 Å². The average Bonchev–Trinajstić information content (AvgIpc) is 2.29. The molecule has 0 spiro atoms. The van der Waals surface area contributed by atoms with E-state index in [0.717, 1.165) is 22.4 Å². The molecule has 16 heavy (non-hydrogen) atoms. The summed E-state index contributed by atoms with van der Waals surface area (Å²) in [6.07, 6.45) is 1.78. The Morgan fingerprint density at radius 2 is 2.12 bits per heavy atom. The third-order valence-corrected chi connectivity index (χ3v) is 2.65. The molecule has 0 unspecified atom stereocenters. The number of aliphatic hydroxyl groups is 1. The molecule has 2 rings (SSSR count). The van der Waals surface area contributed by atoms with Gasteiger partial charge in [0.25, 0.3) is 0 Å². The normalized spacial score (nSPS) is 10.4. The van der Waals surface area contributed by atoms with Crippen molar-refractivity contribution in [3.05, 3.63) is 52.7 Å². The minimum atomic E-state index is 0.0251. The van der Waals surface area contributed by atoms with Gasteiger partial charge in [0.15, 0.2) is 0 Å². The zero-order chi connectivity index (χ0) is 11.5. The molecule has 0 fully saturated rings. The highest BCUT2D eigenvalue weighted by atomic mass is 35.5. The molecule has 0 radical (unpaired) electrons. The van der Waals surface area contributed by atoms with Gasteiger partial charge in [-0.25, -0.2) is 0 Å². The van der Waals surface area contributed by atoms with Crippen LogP contribution in [0.3, 0.4) is 0 Å². The largest absolute Gasteiger partial charge is 0.392 e. The third kappa shape index (κ3) is 2.23. The van der Waals surface area contributed by atoms with Crippen molar-refractivity contribution < 1.29 is 5.11 Å². The van der Waals surface area contributed by atoms with Crippen molar-refractivity contribution in [1.29, 1.82) is 0 Å². The molecule has 1 N–H and O–H groups in total. The Morgan fingerprint density at radius 1 is 1.31 bits per heavy atom. The summed E-state index contributed by atoms with van der Waals surface area (Å²) in [5, 5.41) is 9.70. The second-order valence-corrected chi connectivity index (χ2v) is 4.11. The van der Waals surface area contributed by atoms with Gasteiger partial charge in [-0.3, -0.25) is 4.98 Å². The lowest BCUT2D eigenvalue weighted by Crippen LogP contribution is -1.89. The molecule has 1 heterocycles. The Morgan fingerprint density at radius 3 is 2.81 bits per heavy atom. The zero-order valence-corrected chi connectivity index (χ0v) is 9.70. The molecule has 0 aliphatic carbocycles. The molecular formula is C13H12ClNO. The molecule has 1 aromatic heterocycles. The van der Waals surface area contributed by atoms with Gasteiger partial charge in [-0.2, -0.15) is 0 Å². The van der Waals surface area contributed by atoms with Crippen LogP contribution in [0.4, 0.5) is 0 Å². The minimum Gasteiger partial charge on any atom is -0.392 e. The average molecular weight is 234 g/mol. The molecular weight excluding hydrogens is 222 g/mol. The van der Waals surface area contributed by atoms with Crippen molar-refractivity contribution in [2.45, 2.75) is 13.5 Å². The number of pyridine rings is 1. The van der Waals surface area contributed by atoms with Gasteiger partial charge in [0, 0.05) is 11.8 Å². The number of aliphatic hydroxyl groups excluding tert-OH is 1. The van der Waals surface area contributed by atoms with Crippen molar-refractivity contribution in [2.24, 2.45) is 0 Å². The van der Waals surface area contributed by atoms with E-state index in [9.17, 15) is 0 Å². The molecule has 3 heteroatoms. The second-order valence-electron chi connectivity index (χ2n) is 3.70. The van der Waals surface area contributed by atoms with Crippen LogP contribution in [0.5, 0.6) is 0 Å². The Bertz CT molecular complexity index is 511. The van der Waals surface area contributed by atoms with Gasteiger partial charge in [-0.1, -0.05) is 29.8 Å². The van der Waals surface area contributed by atoms with Crippen molar-refractivity contribution in [3.8, 4) is 11.3 Å². The predicted molar refractivity (Wildman–Crippen MR) is 65.3 cm³/mol. The first-order chi connectivity index (χ1) is 7.70. The highest BCUT2D eigenvalue weighted by molar-refractivity contribution is 6.33. The van der Waals surface area contributed by atoms with E-state index in [-0.39, 0.29) is 6.61 Å². The molecule has 0 bridgehead atoms. The molecule has 0 aliphatic rings. The summed E-state index contributed by atoms with van der Waals surface area (Å²) >= 11 is 6.13. The van der Waals surface area contributed by atoms with Crippen LogP contribution in [-0.4, -0.2) is 10.1 Å². The lowest BCUT2D eigenvalue weighted by atomic mass is 10.1. The lowest BCUT2D eigenvalue weighted by Gasteiger charge is -2.05. The SMILES string of the molecule is Cc1cnc(-c2cccc(CO)c2)c(Cl)c1. The predicted octanol–water partition coefficient (Wildman–Crippen LogP) is 3.20. The van der Waals surface area contributed by atoms with Crippen molar-refractivity contribution >= 4 is 11.6 Å². The van der Waals surface area contributed by atoms with Gasteiger partial charge in [0.2, 0.25) is 0 Å². The van der Waals surface area contributed by atoms with E-state index in [2.05, 4.69) is 4.98 Å². The maximum atomic E-state index is 9.07. The van der Waals surface area contributed by atoms with E-state index in [4.69, 9.17) is 16.7 Å². The Hall–Kier alpha value is -1.38. The van der Waals surface area contributed by atoms with Crippen LogP contribution in [-0.2, 0) is 6.61 Å². The van der Waals surface area contributed by atoms with Crippen molar-refractivity contribution in [2.75, 3.05) is 0 Å². The molecule has 1 aromatic carbocycles. The fraction of sp³-hybridized carbons (Fsp3) is 0.154. The van der Waals surface area contributed by atoms with E-state index in [0.29, 0.717) is 5.02 Å². The number of aryl methyl sites for hydroxylation is 1. The molecule has 0 aliphatic heterocycles. The summed E-state index contributed by atoms with van der Waals surface area (Å²) in [5.41, 5.74) is 3.57. The summed E-state index contributed by atoms with van der Waals surface area (Å²) in [7, 11) is 0. The maximum Gasteiger partial charge on any atom is 0.0888 e. The second kappa shape index (κ2) is 4.64. The van der Waals surface area contributed by atoms with Crippen LogP contribution in [0.1, 0.15) is 11.1 Å². The molecule has 0 saturated heterocycles. The number of rotatable bonds is 2.